The predicted octanol–water partition coefficient (Wildman–Crippen LogP) is 1.70. The Kier molecular flexibility index (Phi) is 3.28. The van der Waals surface area contributed by atoms with Gasteiger partial charge in [-0.1, -0.05) is 6.42 Å². The molecule has 0 aromatic carbocycles. The summed E-state index contributed by atoms with van der Waals surface area (Å²) in [7, 11) is 0. The van der Waals surface area contributed by atoms with Crippen LogP contribution in [0.1, 0.15) is 54.5 Å². The second kappa shape index (κ2) is 4.91. The number of amides is 1. The van der Waals surface area contributed by atoms with E-state index in [0.29, 0.717) is 17.0 Å². The van der Waals surface area contributed by atoms with E-state index in [4.69, 9.17) is 0 Å². The summed E-state index contributed by atoms with van der Waals surface area (Å²) in [4.78, 5) is 16.3. The zero-order valence-electron chi connectivity index (χ0n) is 10.5. The van der Waals surface area contributed by atoms with E-state index in [9.17, 15) is 4.79 Å². The summed E-state index contributed by atoms with van der Waals surface area (Å²) < 4.78 is 0. The lowest BCUT2D eigenvalue weighted by atomic mass is 10.2. The van der Waals surface area contributed by atoms with Crippen LogP contribution in [0.25, 0.3) is 0 Å². The van der Waals surface area contributed by atoms with Crippen molar-refractivity contribution in [2.45, 2.75) is 49.3 Å². The third kappa shape index (κ3) is 2.39. The molecule has 2 atom stereocenters. The van der Waals surface area contributed by atoms with Gasteiger partial charge in [-0.15, -0.1) is 5.10 Å². The van der Waals surface area contributed by atoms with Gasteiger partial charge in [-0.25, -0.2) is 4.98 Å². The first kappa shape index (κ1) is 12.0. The molecular weight excluding hydrogens is 248 g/mol. The quantitative estimate of drug-likeness (QED) is 0.870. The molecule has 2 N–H and O–H groups in total. The van der Waals surface area contributed by atoms with Crippen LogP contribution in [0.15, 0.2) is 0 Å². The van der Waals surface area contributed by atoms with E-state index in [1.54, 1.807) is 0 Å². The number of nitrogens with one attached hydrogen (secondary N) is 2. The summed E-state index contributed by atoms with van der Waals surface area (Å²) in [6.45, 7) is 0. The summed E-state index contributed by atoms with van der Waals surface area (Å²) in [6, 6.07) is 0.273. The summed E-state index contributed by atoms with van der Waals surface area (Å²) in [5.74, 6) is 1.53. The number of rotatable bonds is 4. The van der Waals surface area contributed by atoms with Crippen LogP contribution in [0, 0.1) is 0 Å². The molecule has 3 rings (SSSR count). The number of thioether (sulfide) groups is 1. The fraction of sp³-hybridized carbons (Fsp3) is 0.750. The lowest BCUT2D eigenvalue weighted by Gasteiger charge is -2.17. The Balaban J connectivity index is 1.62. The zero-order chi connectivity index (χ0) is 12.5. The molecular formula is C12H18N4OS. The second-order valence-corrected chi connectivity index (χ2v) is 6.18. The topological polar surface area (TPSA) is 70.7 Å². The van der Waals surface area contributed by atoms with Gasteiger partial charge >= 0.3 is 0 Å². The number of aromatic nitrogens is 3. The van der Waals surface area contributed by atoms with Crippen molar-refractivity contribution in [1.82, 2.24) is 20.5 Å². The molecule has 0 radical (unpaired) electrons. The summed E-state index contributed by atoms with van der Waals surface area (Å²) in [5.41, 5.74) is 0. The monoisotopic (exact) mass is 266 g/mol. The minimum atomic E-state index is -0.135. The van der Waals surface area contributed by atoms with Gasteiger partial charge in [0.2, 0.25) is 5.82 Å². The molecule has 0 aliphatic heterocycles. The van der Waals surface area contributed by atoms with Crippen molar-refractivity contribution in [3.05, 3.63) is 11.6 Å². The third-order valence-electron chi connectivity index (χ3n) is 3.74. The van der Waals surface area contributed by atoms with Crippen molar-refractivity contribution in [1.29, 1.82) is 0 Å². The number of carbonyl (C=O) groups is 1. The van der Waals surface area contributed by atoms with Crippen LogP contribution in [0.3, 0.4) is 0 Å². The van der Waals surface area contributed by atoms with E-state index in [1.165, 1.54) is 12.8 Å². The molecule has 1 aromatic heterocycles. The second-order valence-electron chi connectivity index (χ2n) is 5.10. The fourth-order valence-corrected chi connectivity index (χ4v) is 3.46. The summed E-state index contributed by atoms with van der Waals surface area (Å²) in [6.07, 6.45) is 7.87. The standard InChI is InChI=1S/C12H18N4OS/c1-18-9-4-2-3-8(9)13-12(17)11-14-10(15-16-11)7-5-6-7/h7-9H,2-6H2,1H3,(H,13,17)(H,14,15,16). The Morgan fingerprint density at radius 3 is 2.94 bits per heavy atom. The van der Waals surface area contributed by atoms with Crippen molar-refractivity contribution in [2.24, 2.45) is 0 Å². The van der Waals surface area contributed by atoms with E-state index in [-0.39, 0.29) is 11.9 Å². The average Bonchev–Trinajstić information content (AvgIpc) is 2.93. The van der Waals surface area contributed by atoms with Crippen molar-refractivity contribution in [3.63, 3.8) is 0 Å². The largest absolute Gasteiger partial charge is 0.345 e. The lowest BCUT2D eigenvalue weighted by Crippen LogP contribution is -2.39. The van der Waals surface area contributed by atoms with Crippen molar-refractivity contribution >= 4 is 17.7 Å². The van der Waals surface area contributed by atoms with Crippen LogP contribution in [0.2, 0.25) is 0 Å². The average molecular weight is 266 g/mol. The van der Waals surface area contributed by atoms with Gasteiger partial charge in [0.25, 0.3) is 5.91 Å². The Bertz CT molecular complexity index is 443. The zero-order valence-corrected chi connectivity index (χ0v) is 11.3. The van der Waals surface area contributed by atoms with Crippen LogP contribution in [0.5, 0.6) is 0 Å². The highest BCUT2D eigenvalue weighted by molar-refractivity contribution is 7.99. The first-order chi connectivity index (χ1) is 8.78. The van der Waals surface area contributed by atoms with Crippen LogP contribution in [0.4, 0.5) is 0 Å². The number of H-pyrrole nitrogens is 1. The Labute approximate surface area is 111 Å². The van der Waals surface area contributed by atoms with Gasteiger partial charge < -0.3 is 5.32 Å². The van der Waals surface area contributed by atoms with Gasteiger partial charge in [-0.3, -0.25) is 9.89 Å². The summed E-state index contributed by atoms with van der Waals surface area (Å²) >= 11 is 1.83. The molecule has 98 valence electrons. The molecule has 1 heterocycles. The number of hydrogen-bond donors (Lipinski definition) is 2. The third-order valence-corrected chi connectivity index (χ3v) is 4.91. The first-order valence-electron chi connectivity index (χ1n) is 6.54. The molecule has 0 spiro atoms. The molecule has 1 amide bonds. The van der Waals surface area contributed by atoms with Crippen LogP contribution < -0.4 is 5.32 Å². The molecule has 2 aliphatic carbocycles. The predicted molar refractivity (Wildman–Crippen MR) is 70.8 cm³/mol. The van der Waals surface area contributed by atoms with E-state index < -0.39 is 0 Å². The van der Waals surface area contributed by atoms with Gasteiger partial charge in [-0.05, 0) is 31.9 Å². The van der Waals surface area contributed by atoms with E-state index in [2.05, 4.69) is 26.8 Å². The smallest absolute Gasteiger partial charge is 0.291 e. The van der Waals surface area contributed by atoms with Crippen molar-refractivity contribution in [3.8, 4) is 0 Å². The molecule has 5 nitrogen and oxygen atoms in total. The summed E-state index contributed by atoms with van der Waals surface area (Å²) in [5, 5.41) is 10.5. The number of nitrogens with zero attached hydrogens (tertiary/aromatic N) is 2. The highest BCUT2D eigenvalue weighted by atomic mass is 32.2. The first-order valence-corrected chi connectivity index (χ1v) is 7.82. The van der Waals surface area contributed by atoms with Gasteiger partial charge in [0, 0.05) is 17.2 Å². The molecule has 2 saturated carbocycles. The van der Waals surface area contributed by atoms with Gasteiger partial charge in [-0.2, -0.15) is 11.8 Å². The maximum Gasteiger partial charge on any atom is 0.291 e. The van der Waals surface area contributed by atoms with Gasteiger partial charge in [0.15, 0.2) is 0 Å². The Morgan fingerprint density at radius 2 is 2.22 bits per heavy atom. The molecule has 0 bridgehead atoms. The van der Waals surface area contributed by atoms with Gasteiger partial charge in [0.05, 0.1) is 0 Å². The van der Waals surface area contributed by atoms with Crippen LogP contribution in [-0.2, 0) is 0 Å². The molecule has 2 fully saturated rings. The molecule has 6 heteroatoms. The number of aromatic amines is 1. The highest BCUT2D eigenvalue weighted by Crippen LogP contribution is 2.37. The van der Waals surface area contributed by atoms with Crippen LogP contribution in [-0.4, -0.2) is 38.6 Å². The van der Waals surface area contributed by atoms with E-state index in [1.807, 2.05) is 11.8 Å². The highest BCUT2D eigenvalue weighted by Gasteiger charge is 2.31. The Hall–Kier alpha value is -1.04. The minimum Gasteiger partial charge on any atom is -0.345 e. The molecule has 2 unspecified atom stereocenters. The molecule has 2 aliphatic rings. The molecule has 1 aromatic rings. The van der Waals surface area contributed by atoms with Gasteiger partial charge in [0.1, 0.15) is 5.82 Å². The minimum absolute atomic E-state index is 0.135. The Morgan fingerprint density at radius 1 is 1.39 bits per heavy atom. The molecule has 18 heavy (non-hydrogen) atoms. The normalized spacial score (nSPS) is 27.4. The lowest BCUT2D eigenvalue weighted by molar-refractivity contribution is 0.0928. The number of carbonyl (C=O) groups excluding carboxylic acids is 1. The molecule has 0 saturated heterocycles. The maximum absolute atomic E-state index is 12.1. The van der Waals surface area contributed by atoms with E-state index >= 15 is 0 Å². The van der Waals surface area contributed by atoms with Crippen molar-refractivity contribution < 1.29 is 4.79 Å². The van der Waals surface area contributed by atoms with Crippen LogP contribution >= 0.6 is 11.8 Å². The van der Waals surface area contributed by atoms with E-state index in [0.717, 1.165) is 25.1 Å². The fourth-order valence-electron chi connectivity index (χ4n) is 2.52. The van der Waals surface area contributed by atoms with Crippen molar-refractivity contribution in [2.75, 3.05) is 6.26 Å². The SMILES string of the molecule is CSC1CCCC1NC(=O)c1n[nH]c(C2CC2)n1. The number of hydrogen-bond acceptors (Lipinski definition) is 4. The maximum atomic E-state index is 12.1.